The molecule has 0 bridgehead atoms. The van der Waals surface area contributed by atoms with E-state index in [0.717, 1.165) is 18.0 Å². The maximum Gasteiger partial charge on any atom is 0.0991 e. The average molecular weight is 230 g/mol. The van der Waals surface area contributed by atoms with Crippen LogP contribution >= 0.6 is 0 Å². The van der Waals surface area contributed by atoms with Crippen molar-refractivity contribution in [1.82, 2.24) is 5.32 Å². The Hall–Kier alpha value is -1.33. The number of rotatable bonds is 5. The van der Waals surface area contributed by atoms with E-state index in [1.54, 1.807) is 0 Å². The Labute approximate surface area is 105 Å². The number of nitriles is 1. The summed E-state index contributed by atoms with van der Waals surface area (Å²) >= 11 is 0. The van der Waals surface area contributed by atoms with Crippen molar-refractivity contribution in [3.63, 3.8) is 0 Å². The Kier molecular flexibility index (Phi) is 5.18. The average Bonchev–Trinajstić information content (AvgIpc) is 2.26. The molecule has 0 aliphatic carbocycles. The maximum atomic E-state index is 8.80. The van der Waals surface area contributed by atoms with E-state index in [2.05, 4.69) is 39.1 Å². The Morgan fingerprint density at radius 3 is 2.53 bits per heavy atom. The molecule has 1 N–H and O–H groups in total. The second-order valence-corrected chi connectivity index (χ2v) is 5.16. The van der Waals surface area contributed by atoms with Crippen molar-refractivity contribution in [2.45, 2.75) is 46.7 Å². The Morgan fingerprint density at radius 1 is 1.29 bits per heavy atom. The van der Waals surface area contributed by atoms with Crippen LogP contribution in [0.5, 0.6) is 0 Å². The molecule has 0 saturated carbocycles. The van der Waals surface area contributed by atoms with Gasteiger partial charge in [-0.1, -0.05) is 19.9 Å². The van der Waals surface area contributed by atoms with Crippen LogP contribution < -0.4 is 5.32 Å². The number of nitrogens with zero attached hydrogens (tertiary/aromatic N) is 1. The van der Waals surface area contributed by atoms with Gasteiger partial charge in [-0.3, -0.25) is 0 Å². The van der Waals surface area contributed by atoms with Gasteiger partial charge in [0.25, 0.3) is 0 Å². The summed E-state index contributed by atoms with van der Waals surface area (Å²) < 4.78 is 0. The van der Waals surface area contributed by atoms with Gasteiger partial charge in [0, 0.05) is 12.6 Å². The molecule has 1 unspecified atom stereocenters. The van der Waals surface area contributed by atoms with Crippen molar-refractivity contribution in [3.8, 4) is 6.07 Å². The van der Waals surface area contributed by atoms with Crippen LogP contribution in [0.3, 0.4) is 0 Å². The fraction of sp³-hybridized carbons (Fsp3) is 0.533. The van der Waals surface area contributed by atoms with Gasteiger partial charge in [-0.2, -0.15) is 5.26 Å². The lowest BCUT2D eigenvalue weighted by Gasteiger charge is -2.16. The molecule has 17 heavy (non-hydrogen) atoms. The van der Waals surface area contributed by atoms with Crippen LogP contribution in [0, 0.1) is 24.2 Å². The van der Waals surface area contributed by atoms with Gasteiger partial charge in [0.15, 0.2) is 0 Å². The first-order chi connectivity index (χ1) is 8.02. The Morgan fingerprint density at radius 2 is 2.00 bits per heavy atom. The van der Waals surface area contributed by atoms with Crippen LogP contribution in [-0.4, -0.2) is 6.04 Å². The predicted molar refractivity (Wildman–Crippen MR) is 71.7 cm³/mol. The smallest absolute Gasteiger partial charge is 0.0991 e. The maximum absolute atomic E-state index is 8.80. The lowest BCUT2D eigenvalue weighted by Crippen LogP contribution is -2.27. The van der Waals surface area contributed by atoms with Crippen LogP contribution in [-0.2, 0) is 6.54 Å². The summed E-state index contributed by atoms with van der Waals surface area (Å²) in [5.41, 5.74) is 3.20. The van der Waals surface area contributed by atoms with Crippen LogP contribution in [0.4, 0.5) is 0 Å². The first-order valence-electron chi connectivity index (χ1n) is 6.26. The standard InChI is InChI=1S/C15H22N2/c1-11(2)7-13(4)17-10-15-6-5-14(9-16)8-12(15)3/h5-6,8,11,13,17H,7,10H2,1-4H3. The highest BCUT2D eigenvalue weighted by Gasteiger charge is 2.05. The summed E-state index contributed by atoms with van der Waals surface area (Å²) in [4.78, 5) is 0. The largest absolute Gasteiger partial charge is 0.310 e. The number of nitrogens with one attached hydrogen (secondary N) is 1. The zero-order valence-electron chi connectivity index (χ0n) is 11.2. The number of benzene rings is 1. The van der Waals surface area contributed by atoms with Gasteiger partial charge in [-0.15, -0.1) is 0 Å². The highest BCUT2D eigenvalue weighted by atomic mass is 14.9. The van der Waals surface area contributed by atoms with Gasteiger partial charge in [-0.05, 0) is 49.4 Å². The second-order valence-electron chi connectivity index (χ2n) is 5.16. The molecule has 2 heteroatoms. The van der Waals surface area contributed by atoms with E-state index < -0.39 is 0 Å². The lowest BCUT2D eigenvalue weighted by molar-refractivity contribution is 0.441. The number of aryl methyl sites for hydroxylation is 1. The normalized spacial score (nSPS) is 12.5. The summed E-state index contributed by atoms with van der Waals surface area (Å²) in [5.74, 6) is 0.722. The van der Waals surface area contributed by atoms with Gasteiger partial charge < -0.3 is 5.32 Å². The molecule has 1 aromatic carbocycles. The monoisotopic (exact) mass is 230 g/mol. The molecule has 0 radical (unpaired) electrons. The summed E-state index contributed by atoms with van der Waals surface area (Å²) in [5, 5.41) is 12.3. The summed E-state index contributed by atoms with van der Waals surface area (Å²) in [6, 6.07) is 8.58. The number of hydrogen-bond acceptors (Lipinski definition) is 2. The highest BCUT2D eigenvalue weighted by molar-refractivity contribution is 5.37. The fourth-order valence-electron chi connectivity index (χ4n) is 2.04. The molecule has 2 nitrogen and oxygen atoms in total. The topological polar surface area (TPSA) is 35.8 Å². The Balaban J connectivity index is 2.55. The lowest BCUT2D eigenvalue weighted by atomic mass is 10.0. The second kappa shape index (κ2) is 6.42. The molecule has 0 spiro atoms. The summed E-state index contributed by atoms with van der Waals surface area (Å²) in [6.07, 6.45) is 1.19. The van der Waals surface area contributed by atoms with Crippen molar-refractivity contribution >= 4 is 0 Å². The molecule has 0 saturated heterocycles. The third kappa shape index (κ3) is 4.58. The SMILES string of the molecule is Cc1cc(C#N)ccc1CNC(C)CC(C)C. The molecule has 0 aliphatic heterocycles. The molecule has 0 amide bonds. The minimum Gasteiger partial charge on any atom is -0.310 e. The fourth-order valence-corrected chi connectivity index (χ4v) is 2.04. The molecular formula is C15H22N2. The van der Waals surface area contributed by atoms with E-state index in [4.69, 9.17) is 5.26 Å². The minimum atomic E-state index is 0.532. The first kappa shape index (κ1) is 13.7. The molecule has 1 rings (SSSR count). The zero-order chi connectivity index (χ0) is 12.8. The van der Waals surface area contributed by atoms with Crippen molar-refractivity contribution in [2.75, 3.05) is 0 Å². The van der Waals surface area contributed by atoms with Crippen molar-refractivity contribution in [3.05, 3.63) is 34.9 Å². The molecule has 92 valence electrons. The van der Waals surface area contributed by atoms with Crippen molar-refractivity contribution in [1.29, 1.82) is 5.26 Å². The molecule has 1 atom stereocenters. The summed E-state index contributed by atoms with van der Waals surface area (Å²) in [7, 11) is 0. The molecule has 0 aliphatic rings. The van der Waals surface area contributed by atoms with Crippen LogP contribution in [0.25, 0.3) is 0 Å². The first-order valence-corrected chi connectivity index (χ1v) is 6.26. The van der Waals surface area contributed by atoms with Crippen molar-refractivity contribution < 1.29 is 0 Å². The number of hydrogen-bond donors (Lipinski definition) is 1. The van der Waals surface area contributed by atoms with Crippen molar-refractivity contribution in [2.24, 2.45) is 5.92 Å². The van der Waals surface area contributed by atoms with Gasteiger partial charge in [-0.25, -0.2) is 0 Å². The van der Waals surface area contributed by atoms with E-state index in [1.807, 2.05) is 18.2 Å². The Bertz CT molecular complexity index is 402. The third-order valence-corrected chi connectivity index (χ3v) is 2.94. The van der Waals surface area contributed by atoms with Gasteiger partial charge >= 0.3 is 0 Å². The molecular weight excluding hydrogens is 208 g/mol. The zero-order valence-corrected chi connectivity index (χ0v) is 11.2. The van der Waals surface area contributed by atoms with Gasteiger partial charge in [0.1, 0.15) is 0 Å². The van der Waals surface area contributed by atoms with Crippen LogP contribution in [0.15, 0.2) is 18.2 Å². The molecule has 0 aromatic heterocycles. The minimum absolute atomic E-state index is 0.532. The molecule has 0 fully saturated rings. The van der Waals surface area contributed by atoms with E-state index in [9.17, 15) is 0 Å². The summed E-state index contributed by atoms with van der Waals surface area (Å²) in [6.45, 7) is 9.64. The predicted octanol–water partition coefficient (Wildman–Crippen LogP) is 3.39. The van der Waals surface area contributed by atoms with E-state index >= 15 is 0 Å². The third-order valence-electron chi connectivity index (χ3n) is 2.94. The van der Waals surface area contributed by atoms with Gasteiger partial charge in [0.05, 0.1) is 11.6 Å². The van der Waals surface area contributed by atoms with Crippen LogP contribution in [0.1, 0.15) is 43.9 Å². The molecule has 1 aromatic rings. The molecule has 0 heterocycles. The van der Waals surface area contributed by atoms with E-state index in [-0.39, 0.29) is 0 Å². The van der Waals surface area contributed by atoms with E-state index in [0.29, 0.717) is 6.04 Å². The van der Waals surface area contributed by atoms with E-state index in [1.165, 1.54) is 17.5 Å². The quantitative estimate of drug-likeness (QED) is 0.841. The van der Waals surface area contributed by atoms with Gasteiger partial charge in [0.2, 0.25) is 0 Å². The highest BCUT2D eigenvalue weighted by Crippen LogP contribution is 2.11. The van der Waals surface area contributed by atoms with Crippen LogP contribution in [0.2, 0.25) is 0 Å².